The first kappa shape index (κ1) is 26.3. The van der Waals surface area contributed by atoms with Crippen molar-refractivity contribution in [3.63, 3.8) is 0 Å². The number of benzene rings is 2. The molecule has 2 aromatic carbocycles. The van der Waals surface area contributed by atoms with Gasteiger partial charge in [-0.1, -0.05) is 44.0 Å². The molecule has 32 heavy (non-hydrogen) atoms. The van der Waals surface area contributed by atoms with E-state index in [0.717, 1.165) is 25.1 Å². The first-order valence-corrected chi connectivity index (χ1v) is 13.4. The van der Waals surface area contributed by atoms with Crippen LogP contribution in [0.5, 0.6) is 0 Å². The summed E-state index contributed by atoms with van der Waals surface area (Å²) in [4.78, 5) is 27.4. The van der Waals surface area contributed by atoms with Gasteiger partial charge in [-0.05, 0) is 62.7 Å². The molecule has 2 rings (SSSR count). The standard InChI is InChI=1S/C22H27Br2N3O4S/c1-15(2)25-22(29)16(3)26(13-17-5-7-18(23)8-6-17)21(28)14-27(32(4,30)31)20-11-9-19(24)10-12-20/h5-12,15-16H,13-14H2,1-4H3,(H,25,29). The average Bonchev–Trinajstić information content (AvgIpc) is 2.70. The van der Waals surface area contributed by atoms with Gasteiger partial charge in [-0.25, -0.2) is 8.42 Å². The summed E-state index contributed by atoms with van der Waals surface area (Å²) in [7, 11) is -3.74. The van der Waals surface area contributed by atoms with Gasteiger partial charge in [0.05, 0.1) is 11.9 Å². The molecular weight excluding hydrogens is 562 g/mol. The van der Waals surface area contributed by atoms with Gasteiger partial charge < -0.3 is 10.2 Å². The SMILES string of the molecule is CC(C)NC(=O)C(C)N(Cc1ccc(Br)cc1)C(=O)CN(c1ccc(Br)cc1)S(C)(=O)=O. The van der Waals surface area contributed by atoms with Crippen LogP contribution in [0.25, 0.3) is 0 Å². The third-order valence-electron chi connectivity index (χ3n) is 4.66. The minimum absolute atomic E-state index is 0.0927. The molecule has 10 heteroatoms. The Kier molecular flexibility index (Phi) is 9.29. The molecule has 1 N–H and O–H groups in total. The lowest BCUT2D eigenvalue weighted by atomic mass is 10.1. The monoisotopic (exact) mass is 587 g/mol. The number of halogens is 2. The summed E-state index contributed by atoms with van der Waals surface area (Å²) in [6.07, 6.45) is 1.05. The molecule has 2 amide bonds. The molecular formula is C22H27Br2N3O4S. The molecule has 0 aliphatic rings. The number of nitrogens with zero attached hydrogens (tertiary/aromatic N) is 2. The second kappa shape index (κ2) is 11.3. The largest absolute Gasteiger partial charge is 0.352 e. The lowest BCUT2D eigenvalue weighted by molar-refractivity contribution is -0.139. The molecule has 2 aromatic rings. The van der Waals surface area contributed by atoms with Crippen LogP contribution in [-0.4, -0.2) is 50.0 Å². The van der Waals surface area contributed by atoms with E-state index >= 15 is 0 Å². The molecule has 0 aliphatic carbocycles. The molecule has 0 aromatic heterocycles. The smallest absolute Gasteiger partial charge is 0.244 e. The van der Waals surface area contributed by atoms with Gasteiger partial charge in [-0.2, -0.15) is 0 Å². The minimum Gasteiger partial charge on any atom is -0.352 e. The Hall–Kier alpha value is -1.91. The molecule has 0 radical (unpaired) electrons. The van der Waals surface area contributed by atoms with Gasteiger partial charge in [0.15, 0.2) is 0 Å². The molecule has 1 atom stereocenters. The van der Waals surface area contributed by atoms with Gasteiger partial charge in [0, 0.05) is 21.5 Å². The van der Waals surface area contributed by atoms with E-state index in [-0.39, 0.29) is 18.5 Å². The molecule has 0 fully saturated rings. The number of carbonyl (C=O) groups is 2. The average molecular weight is 589 g/mol. The van der Waals surface area contributed by atoms with E-state index in [1.165, 1.54) is 4.90 Å². The molecule has 0 spiro atoms. The van der Waals surface area contributed by atoms with Crippen LogP contribution >= 0.6 is 31.9 Å². The van der Waals surface area contributed by atoms with Crippen molar-refractivity contribution in [2.24, 2.45) is 0 Å². The first-order chi connectivity index (χ1) is 14.9. The second-order valence-corrected chi connectivity index (χ2v) is 11.5. The fraction of sp³-hybridized carbons (Fsp3) is 0.364. The van der Waals surface area contributed by atoms with E-state index in [0.29, 0.717) is 5.69 Å². The van der Waals surface area contributed by atoms with Crippen LogP contribution in [0.4, 0.5) is 5.69 Å². The van der Waals surface area contributed by atoms with Crippen molar-refractivity contribution in [1.29, 1.82) is 0 Å². The van der Waals surface area contributed by atoms with Gasteiger partial charge >= 0.3 is 0 Å². The van der Waals surface area contributed by atoms with Gasteiger partial charge in [0.25, 0.3) is 0 Å². The molecule has 0 heterocycles. The van der Waals surface area contributed by atoms with Crippen molar-refractivity contribution in [3.8, 4) is 0 Å². The molecule has 0 saturated heterocycles. The van der Waals surface area contributed by atoms with E-state index in [1.807, 2.05) is 38.1 Å². The number of hydrogen-bond donors (Lipinski definition) is 1. The maximum absolute atomic E-state index is 13.4. The summed E-state index contributed by atoms with van der Waals surface area (Å²) in [5, 5.41) is 2.82. The Balaban J connectivity index is 2.36. The Morgan fingerprint density at radius 2 is 1.44 bits per heavy atom. The molecule has 174 valence electrons. The van der Waals surface area contributed by atoms with Crippen molar-refractivity contribution >= 4 is 59.4 Å². The van der Waals surface area contributed by atoms with Crippen molar-refractivity contribution in [2.75, 3.05) is 17.1 Å². The summed E-state index contributed by atoms with van der Waals surface area (Å²) < 4.78 is 27.7. The molecule has 0 bridgehead atoms. The Labute approximate surface area is 206 Å². The summed E-state index contributed by atoms with van der Waals surface area (Å²) >= 11 is 6.71. The van der Waals surface area contributed by atoms with E-state index in [1.54, 1.807) is 31.2 Å². The number of anilines is 1. The van der Waals surface area contributed by atoms with E-state index in [4.69, 9.17) is 0 Å². The predicted octanol–water partition coefficient (Wildman–Crippen LogP) is 3.92. The zero-order valence-corrected chi connectivity index (χ0v) is 22.4. The Morgan fingerprint density at radius 3 is 1.91 bits per heavy atom. The molecule has 1 unspecified atom stereocenters. The number of nitrogens with one attached hydrogen (secondary N) is 1. The topological polar surface area (TPSA) is 86.8 Å². The van der Waals surface area contributed by atoms with Crippen LogP contribution in [-0.2, 0) is 26.2 Å². The fourth-order valence-corrected chi connectivity index (χ4v) is 4.37. The predicted molar refractivity (Wildman–Crippen MR) is 134 cm³/mol. The van der Waals surface area contributed by atoms with Gasteiger partial charge in [-0.3, -0.25) is 13.9 Å². The van der Waals surface area contributed by atoms with Crippen molar-refractivity contribution in [1.82, 2.24) is 10.2 Å². The van der Waals surface area contributed by atoms with Crippen LogP contribution in [0.15, 0.2) is 57.5 Å². The van der Waals surface area contributed by atoms with Crippen molar-refractivity contribution in [2.45, 2.75) is 39.4 Å². The lowest BCUT2D eigenvalue weighted by Crippen LogP contribution is -2.52. The van der Waals surface area contributed by atoms with Crippen LogP contribution in [0, 0.1) is 0 Å². The summed E-state index contributed by atoms with van der Waals surface area (Å²) in [5.74, 6) is -0.785. The van der Waals surface area contributed by atoms with Crippen LogP contribution in [0.3, 0.4) is 0 Å². The normalized spacial score (nSPS) is 12.3. The van der Waals surface area contributed by atoms with Crippen molar-refractivity contribution < 1.29 is 18.0 Å². The van der Waals surface area contributed by atoms with Gasteiger partial charge in [0.1, 0.15) is 12.6 Å². The zero-order chi connectivity index (χ0) is 24.1. The van der Waals surface area contributed by atoms with Gasteiger partial charge in [-0.15, -0.1) is 0 Å². The third kappa shape index (κ3) is 7.60. The van der Waals surface area contributed by atoms with Crippen molar-refractivity contribution in [3.05, 3.63) is 63.0 Å². The quantitative estimate of drug-likeness (QED) is 0.481. The molecule has 0 saturated carbocycles. The number of hydrogen-bond acceptors (Lipinski definition) is 4. The fourth-order valence-electron chi connectivity index (χ4n) is 3.00. The number of rotatable bonds is 9. The number of carbonyl (C=O) groups excluding carboxylic acids is 2. The number of sulfonamides is 1. The Bertz CT molecular complexity index is 1040. The molecule has 0 aliphatic heterocycles. The highest BCUT2D eigenvalue weighted by atomic mass is 79.9. The lowest BCUT2D eigenvalue weighted by Gasteiger charge is -2.32. The summed E-state index contributed by atoms with van der Waals surface area (Å²) in [6.45, 7) is 5.06. The first-order valence-electron chi connectivity index (χ1n) is 9.96. The Morgan fingerprint density at radius 1 is 0.938 bits per heavy atom. The van der Waals surface area contributed by atoms with E-state index in [9.17, 15) is 18.0 Å². The summed E-state index contributed by atoms with van der Waals surface area (Å²) in [5.41, 5.74) is 1.19. The maximum Gasteiger partial charge on any atom is 0.244 e. The number of amides is 2. The van der Waals surface area contributed by atoms with Crippen LogP contribution in [0.1, 0.15) is 26.3 Å². The van der Waals surface area contributed by atoms with E-state index in [2.05, 4.69) is 37.2 Å². The summed E-state index contributed by atoms with van der Waals surface area (Å²) in [6, 6.07) is 13.2. The highest BCUT2D eigenvalue weighted by molar-refractivity contribution is 9.10. The minimum atomic E-state index is -3.74. The van der Waals surface area contributed by atoms with Gasteiger partial charge in [0.2, 0.25) is 21.8 Å². The second-order valence-electron chi connectivity index (χ2n) is 7.73. The highest BCUT2D eigenvalue weighted by Crippen LogP contribution is 2.22. The zero-order valence-electron chi connectivity index (χ0n) is 18.4. The maximum atomic E-state index is 13.4. The molecule has 7 nitrogen and oxygen atoms in total. The van der Waals surface area contributed by atoms with Crippen LogP contribution < -0.4 is 9.62 Å². The van der Waals surface area contributed by atoms with E-state index < -0.39 is 28.5 Å². The highest BCUT2D eigenvalue weighted by Gasteiger charge is 2.30. The van der Waals surface area contributed by atoms with Crippen LogP contribution in [0.2, 0.25) is 0 Å². The third-order valence-corrected chi connectivity index (χ3v) is 6.86.